The molecule has 0 atom stereocenters. The summed E-state index contributed by atoms with van der Waals surface area (Å²) in [4.78, 5) is 2.11. The van der Waals surface area contributed by atoms with Crippen LogP contribution in [0.1, 0.15) is 0 Å². The number of ether oxygens (including phenoxy) is 1. The minimum atomic E-state index is 0. The lowest BCUT2D eigenvalue weighted by molar-refractivity contribution is 0.239. The Balaban J connectivity index is 0. The number of hydrogen-bond acceptors (Lipinski definition) is 2. The van der Waals surface area contributed by atoms with Crippen molar-refractivity contribution in [2.75, 3.05) is 45.1 Å². The first-order valence-corrected chi connectivity index (χ1v) is 5.21. The van der Waals surface area contributed by atoms with Gasteiger partial charge in [0.15, 0.2) is 0 Å². The Morgan fingerprint density at radius 1 is 1.14 bits per heavy atom. The maximum absolute atomic E-state index is 5.61. The van der Waals surface area contributed by atoms with Gasteiger partial charge in [-0.1, -0.05) is 11.8 Å². The molecule has 0 aromatic rings. The Labute approximate surface area is 102 Å². The average Bonchev–Trinajstić information content (AvgIpc) is 2.13. The number of nitrogens with zero attached hydrogens (tertiary/aromatic N) is 1. The molecule has 0 saturated carbocycles. The first-order chi connectivity index (χ1) is 6.35. The van der Waals surface area contributed by atoms with E-state index in [0.29, 0.717) is 24.9 Å². The third-order valence-electron chi connectivity index (χ3n) is 1.45. The van der Waals surface area contributed by atoms with Crippen LogP contribution in [0.3, 0.4) is 0 Å². The van der Waals surface area contributed by atoms with Crippen LogP contribution in [-0.4, -0.2) is 50.0 Å². The molecule has 0 amide bonds. The summed E-state index contributed by atoms with van der Waals surface area (Å²) in [5, 5.41) is 0. The highest BCUT2D eigenvalue weighted by atomic mass is 35.5. The summed E-state index contributed by atoms with van der Waals surface area (Å²) in [6, 6.07) is 0. The van der Waals surface area contributed by atoms with Gasteiger partial charge in [0.05, 0.1) is 6.54 Å². The fourth-order valence-corrected chi connectivity index (χ4v) is 1.28. The van der Waals surface area contributed by atoms with Gasteiger partial charge in [0.25, 0.3) is 0 Å². The van der Waals surface area contributed by atoms with Gasteiger partial charge in [-0.25, -0.2) is 0 Å². The Morgan fingerprint density at radius 2 is 1.71 bits per heavy atom. The molecular weight excluding hydrogens is 244 g/mol. The van der Waals surface area contributed by atoms with E-state index < -0.39 is 0 Å². The molecule has 0 aromatic heterocycles. The standard InChI is InChI=1S/C9H15Cl2NO.ClH/c1-13-9-3-2-6-12(7-4-10)8-5-11;/h4-9H2,1H3;1H. The molecule has 0 aliphatic heterocycles. The highest BCUT2D eigenvalue weighted by molar-refractivity contribution is 6.18. The molecule has 5 heteroatoms. The molecule has 2 nitrogen and oxygen atoms in total. The molecule has 0 N–H and O–H groups in total. The van der Waals surface area contributed by atoms with Crippen molar-refractivity contribution >= 4 is 35.6 Å². The lowest BCUT2D eigenvalue weighted by Gasteiger charge is -2.15. The SMILES string of the molecule is COCC#CCN(CCCl)CCCl.Cl. The van der Waals surface area contributed by atoms with E-state index in [4.69, 9.17) is 27.9 Å². The first-order valence-electron chi connectivity index (χ1n) is 4.14. The summed E-state index contributed by atoms with van der Waals surface area (Å²) in [5.41, 5.74) is 0. The third-order valence-corrected chi connectivity index (χ3v) is 1.78. The van der Waals surface area contributed by atoms with Gasteiger partial charge in [-0.05, 0) is 0 Å². The molecule has 0 aliphatic carbocycles. The second-order valence-corrected chi connectivity index (χ2v) is 3.20. The fraction of sp³-hybridized carbons (Fsp3) is 0.778. The highest BCUT2D eigenvalue weighted by Gasteiger charge is 1.99. The zero-order chi connectivity index (χ0) is 9.94. The van der Waals surface area contributed by atoms with Crippen molar-refractivity contribution in [2.24, 2.45) is 0 Å². The van der Waals surface area contributed by atoms with Crippen molar-refractivity contribution < 1.29 is 4.74 Å². The van der Waals surface area contributed by atoms with Gasteiger partial charge in [0.1, 0.15) is 6.61 Å². The molecule has 0 bridgehead atoms. The largest absolute Gasteiger partial charge is 0.372 e. The molecule has 14 heavy (non-hydrogen) atoms. The lowest BCUT2D eigenvalue weighted by Crippen LogP contribution is -2.28. The van der Waals surface area contributed by atoms with E-state index in [1.54, 1.807) is 7.11 Å². The molecule has 0 aromatic carbocycles. The zero-order valence-corrected chi connectivity index (χ0v) is 10.6. The molecule has 0 saturated heterocycles. The second-order valence-electron chi connectivity index (χ2n) is 2.44. The Hall–Kier alpha value is 0.350. The molecule has 84 valence electrons. The Morgan fingerprint density at radius 3 is 2.14 bits per heavy atom. The summed E-state index contributed by atoms with van der Waals surface area (Å²) in [7, 11) is 1.63. The molecule has 0 rings (SSSR count). The van der Waals surface area contributed by atoms with Gasteiger partial charge in [-0.2, -0.15) is 0 Å². The van der Waals surface area contributed by atoms with E-state index in [2.05, 4.69) is 16.7 Å². The van der Waals surface area contributed by atoms with E-state index in [9.17, 15) is 0 Å². The van der Waals surface area contributed by atoms with Crippen LogP contribution >= 0.6 is 35.6 Å². The van der Waals surface area contributed by atoms with E-state index in [0.717, 1.165) is 13.1 Å². The van der Waals surface area contributed by atoms with Crippen molar-refractivity contribution in [3.05, 3.63) is 0 Å². The van der Waals surface area contributed by atoms with Crippen molar-refractivity contribution in [3.8, 4) is 11.8 Å². The molecule has 0 spiro atoms. The molecule has 0 unspecified atom stereocenters. The quantitative estimate of drug-likeness (QED) is 0.534. The molecule has 0 radical (unpaired) electrons. The maximum Gasteiger partial charge on any atom is 0.107 e. The van der Waals surface area contributed by atoms with Crippen LogP contribution < -0.4 is 0 Å². The normalized spacial score (nSPS) is 9.14. The van der Waals surface area contributed by atoms with Crippen LogP contribution in [-0.2, 0) is 4.74 Å². The van der Waals surface area contributed by atoms with Crippen LogP contribution in [0.4, 0.5) is 0 Å². The van der Waals surface area contributed by atoms with Crippen LogP contribution in [0.2, 0.25) is 0 Å². The van der Waals surface area contributed by atoms with Crippen molar-refractivity contribution in [2.45, 2.75) is 0 Å². The second kappa shape index (κ2) is 13.4. The van der Waals surface area contributed by atoms with Gasteiger partial charge in [0, 0.05) is 32.0 Å². The van der Waals surface area contributed by atoms with Crippen molar-refractivity contribution in [1.29, 1.82) is 0 Å². The predicted octanol–water partition coefficient (Wildman–Crippen LogP) is 1.84. The molecular formula is C9H16Cl3NO. The monoisotopic (exact) mass is 259 g/mol. The van der Waals surface area contributed by atoms with E-state index in [1.807, 2.05) is 0 Å². The fourth-order valence-electron chi connectivity index (χ4n) is 0.800. The smallest absolute Gasteiger partial charge is 0.107 e. The van der Waals surface area contributed by atoms with Gasteiger partial charge in [-0.3, -0.25) is 4.90 Å². The summed E-state index contributed by atoms with van der Waals surface area (Å²) in [6.07, 6.45) is 0. The molecule has 0 aliphatic rings. The Bertz CT molecular complexity index is 161. The van der Waals surface area contributed by atoms with E-state index in [1.165, 1.54) is 0 Å². The Kier molecular flexibility index (Phi) is 16.0. The van der Waals surface area contributed by atoms with Crippen LogP contribution in [0.15, 0.2) is 0 Å². The van der Waals surface area contributed by atoms with E-state index in [-0.39, 0.29) is 12.4 Å². The number of halogens is 3. The van der Waals surface area contributed by atoms with Gasteiger partial charge in [-0.15, -0.1) is 35.6 Å². The molecule has 0 heterocycles. The van der Waals surface area contributed by atoms with E-state index >= 15 is 0 Å². The average molecular weight is 261 g/mol. The maximum atomic E-state index is 5.61. The van der Waals surface area contributed by atoms with Crippen LogP contribution in [0.25, 0.3) is 0 Å². The summed E-state index contributed by atoms with van der Waals surface area (Å²) >= 11 is 11.2. The minimum Gasteiger partial charge on any atom is -0.372 e. The summed E-state index contributed by atoms with van der Waals surface area (Å²) < 4.78 is 4.80. The number of hydrogen-bond donors (Lipinski definition) is 0. The summed E-state index contributed by atoms with van der Waals surface area (Å²) in [5.74, 6) is 7.10. The number of alkyl halides is 2. The van der Waals surface area contributed by atoms with Crippen molar-refractivity contribution in [3.63, 3.8) is 0 Å². The van der Waals surface area contributed by atoms with Crippen LogP contribution in [0, 0.1) is 11.8 Å². The lowest BCUT2D eigenvalue weighted by atomic mass is 10.4. The van der Waals surface area contributed by atoms with Gasteiger partial charge >= 0.3 is 0 Å². The summed E-state index contributed by atoms with van der Waals surface area (Å²) in [6.45, 7) is 2.85. The minimum absolute atomic E-state index is 0. The topological polar surface area (TPSA) is 12.5 Å². The third kappa shape index (κ3) is 10.4. The first kappa shape index (κ1) is 16.8. The number of rotatable bonds is 6. The highest BCUT2D eigenvalue weighted by Crippen LogP contribution is 1.90. The van der Waals surface area contributed by atoms with Gasteiger partial charge in [0.2, 0.25) is 0 Å². The molecule has 0 fully saturated rings. The van der Waals surface area contributed by atoms with Crippen molar-refractivity contribution in [1.82, 2.24) is 4.90 Å². The zero-order valence-electron chi connectivity index (χ0n) is 8.26. The predicted molar refractivity (Wildman–Crippen MR) is 64.8 cm³/mol. The number of methoxy groups -OCH3 is 1. The van der Waals surface area contributed by atoms with Crippen LogP contribution in [0.5, 0.6) is 0 Å². The van der Waals surface area contributed by atoms with Gasteiger partial charge < -0.3 is 4.74 Å².